The van der Waals surface area contributed by atoms with Crippen molar-refractivity contribution < 1.29 is 5.11 Å². The van der Waals surface area contributed by atoms with Crippen molar-refractivity contribution in [3.63, 3.8) is 0 Å². The van der Waals surface area contributed by atoms with Crippen molar-refractivity contribution in [3.05, 3.63) is 0 Å². The van der Waals surface area contributed by atoms with Gasteiger partial charge in [-0.1, -0.05) is 13.3 Å². The molecule has 2 rings (SSSR count). The minimum Gasteiger partial charge on any atom is -0.389 e. The lowest BCUT2D eigenvalue weighted by molar-refractivity contribution is 0.0461. The summed E-state index contributed by atoms with van der Waals surface area (Å²) in [5.41, 5.74) is -0.527. The van der Waals surface area contributed by atoms with Gasteiger partial charge in [-0.2, -0.15) is 0 Å². The number of aliphatic hydroxyl groups is 1. The first kappa shape index (κ1) is 12.3. The summed E-state index contributed by atoms with van der Waals surface area (Å²) in [7, 11) is 0. The van der Waals surface area contributed by atoms with Crippen LogP contribution < -0.4 is 5.32 Å². The summed E-state index contributed by atoms with van der Waals surface area (Å²) in [5.74, 6) is 0. The molecule has 0 aromatic rings. The van der Waals surface area contributed by atoms with Gasteiger partial charge in [0, 0.05) is 25.2 Å². The lowest BCUT2D eigenvalue weighted by atomic mass is 9.99. The zero-order valence-electron chi connectivity index (χ0n) is 10.7. The molecule has 0 aromatic carbocycles. The fourth-order valence-corrected chi connectivity index (χ4v) is 3.30. The maximum atomic E-state index is 10.1. The number of nitrogens with zero attached hydrogens (tertiary/aromatic N) is 1. The highest BCUT2D eigenvalue weighted by Crippen LogP contribution is 2.28. The van der Waals surface area contributed by atoms with E-state index in [0.29, 0.717) is 6.04 Å². The van der Waals surface area contributed by atoms with Crippen molar-refractivity contribution in [2.45, 2.75) is 63.6 Å². The molecule has 2 aliphatic rings. The summed E-state index contributed by atoms with van der Waals surface area (Å²) in [4.78, 5) is 2.60. The van der Waals surface area contributed by atoms with Crippen molar-refractivity contribution in [3.8, 4) is 0 Å². The SMILES string of the molecule is CCCC(C)(O)CNC1CCN2CCCC12. The van der Waals surface area contributed by atoms with Crippen molar-refractivity contribution in [1.29, 1.82) is 0 Å². The summed E-state index contributed by atoms with van der Waals surface area (Å²) in [6, 6.07) is 1.36. The van der Waals surface area contributed by atoms with Gasteiger partial charge in [0.15, 0.2) is 0 Å². The Morgan fingerprint density at radius 3 is 2.94 bits per heavy atom. The van der Waals surface area contributed by atoms with E-state index in [4.69, 9.17) is 0 Å². The Balaban J connectivity index is 1.77. The Morgan fingerprint density at radius 2 is 2.19 bits per heavy atom. The molecule has 94 valence electrons. The number of hydrogen-bond donors (Lipinski definition) is 2. The minimum atomic E-state index is -0.527. The predicted octanol–water partition coefficient (Wildman–Crippen LogP) is 1.36. The molecule has 0 aliphatic carbocycles. The Bertz CT molecular complexity index is 230. The van der Waals surface area contributed by atoms with Gasteiger partial charge in [-0.25, -0.2) is 0 Å². The molecule has 2 fully saturated rings. The van der Waals surface area contributed by atoms with Gasteiger partial charge in [0.25, 0.3) is 0 Å². The van der Waals surface area contributed by atoms with E-state index in [1.165, 1.54) is 32.4 Å². The highest BCUT2D eigenvalue weighted by molar-refractivity contribution is 4.96. The van der Waals surface area contributed by atoms with Crippen LogP contribution >= 0.6 is 0 Å². The first-order valence-corrected chi connectivity index (χ1v) is 6.82. The van der Waals surface area contributed by atoms with Crippen LogP contribution in [0.3, 0.4) is 0 Å². The van der Waals surface area contributed by atoms with E-state index in [1.807, 2.05) is 6.92 Å². The minimum absolute atomic E-state index is 0.527. The van der Waals surface area contributed by atoms with Crippen molar-refractivity contribution in [1.82, 2.24) is 10.2 Å². The summed E-state index contributed by atoms with van der Waals surface area (Å²) in [6.45, 7) is 7.36. The zero-order valence-corrected chi connectivity index (χ0v) is 10.7. The maximum absolute atomic E-state index is 10.1. The first-order valence-electron chi connectivity index (χ1n) is 6.82. The van der Waals surface area contributed by atoms with Gasteiger partial charge >= 0.3 is 0 Å². The van der Waals surface area contributed by atoms with Crippen LogP contribution in [0.4, 0.5) is 0 Å². The molecule has 0 bridgehead atoms. The van der Waals surface area contributed by atoms with E-state index in [2.05, 4.69) is 17.1 Å². The lowest BCUT2D eigenvalue weighted by Gasteiger charge is -2.28. The van der Waals surface area contributed by atoms with E-state index in [0.717, 1.165) is 25.4 Å². The lowest BCUT2D eigenvalue weighted by Crippen LogP contribution is -2.46. The van der Waals surface area contributed by atoms with Gasteiger partial charge in [-0.05, 0) is 39.2 Å². The topological polar surface area (TPSA) is 35.5 Å². The Morgan fingerprint density at radius 1 is 1.38 bits per heavy atom. The van der Waals surface area contributed by atoms with Crippen LogP contribution in [0.2, 0.25) is 0 Å². The molecule has 3 atom stereocenters. The summed E-state index contributed by atoms with van der Waals surface area (Å²) in [6.07, 6.45) is 5.89. The average molecular weight is 226 g/mol. The van der Waals surface area contributed by atoms with E-state index >= 15 is 0 Å². The van der Waals surface area contributed by atoms with Crippen LogP contribution in [0.15, 0.2) is 0 Å². The zero-order chi connectivity index (χ0) is 11.6. The van der Waals surface area contributed by atoms with Crippen LogP contribution in [-0.4, -0.2) is 47.3 Å². The van der Waals surface area contributed by atoms with Crippen LogP contribution in [0.5, 0.6) is 0 Å². The first-order chi connectivity index (χ1) is 7.62. The van der Waals surface area contributed by atoms with Crippen molar-refractivity contribution >= 4 is 0 Å². The Hall–Kier alpha value is -0.120. The molecule has 0 radical (unpaired) electrons. The van der Waals surface area contributed by atoms with Gasteiger partial charge < -0.3 is 10.4 Å². The third-order valence-electron chi connectivity index (χ3n) is 4.14. The second-order valence-electron chi connectivity index (χ2n) is 5.77. The van der Waals surface area contributed by atoms with Gasteiger partial charge in [-0.3, -0.25) is 4.90 Å². The molecule has 3 nitrogen and oxygen atoms in total. The molecule has 2 aliphatic heterocycles. The highest BCUT2D eigenvalue weighted by Gasteiger charge is 2.37. The number of rotatable bonds is 5. The van der Waals surface area contributed by atoms with Crippen LogP contribution in [0.25, 0.3) is 0 Å². The van der Waals surface area contributed by atoms with Gasteiger partial charge in [-0.15, -0.1) is 0 Å². The number of fused-ring (bicyclic) bond motifs is 1. The summed E-state index contributed by atoms with van der Waals surface area (Å²) in [5, 5.41) is 13.7. The second kappa shape index (κ2) is 5.03. The smallest absolute Gasteiger partial charge is 0.0743 e. The third-order valence-corrected chi connectivity index (χ3v) is 4.14. The Labute approximate surface area is 99.2 Å². The molecule has 3 unspecified atom stereocenters. The maximum Gasteiger partial charge on any atom is 0.0743 e. The van der Waals surface area contributed by atoms with Gasteiger partial charge in [0.05, 0.1) is 5.60 Å². The van der Waals surface area contributed by atoms with Crippen molar-refractivity contribution in [2.24, 2.45) is 0 Å². The molecular formula is C13H26N2O. The third kappa shape index (κ3) is 2.76. The van der Waals surface area contributed by atoms with Crippen LogP contribution in [-0.2, 0) is 0 Å². The molecule has 0 saturated carbocycles. The largest absolute Gasteiger partial charge is 0.389 e. The van der Waals surface area contributed by atoms with Gasteiger partial charge in [0.1, 0.15) is 0 Å². The molecule has 2 N–H and O–H groups in total. The molecule has 0 spiro atoms. The molecule has 3 heteroatoms. The van der Waals surface area contributed by atoms with E-state index in [-0.39, 0.29) is 0 Å². The van der Waals surface area contributed by atoms with E-state index < -0.39 is 5.60 Å². The number of nitrogens with one attached hydrogen (secondary N) is 1. The van der Waals surface area contributed by atoms with Crippen LogP contribution in [0.1, 0.15) is 46.0 Å². The Kier molecular flexibility index (Phi) is 3.88. The molecule has 0 aromatic heterocycles. The van der Waals surface area contributed by atoms with Crippen molar-refractivity contribution in [2.75, 3.05) is 19.6 Å². The summed E-state index contributed by atoms with van der Waals surface area (Å²) < 4.78 is 0. The fraction of sp³-hybridized carbons (Fsp3) is 1.00. The molecular weight excluding hydrogens is 200 g/mol. The molecule has 2 heterocycles. The molecule has 0 amide bonds. The fourth-order valence-electron chi connectivity index (χ4n) is 3.30. The second-order valence-corrected chi connectivity index (χ2v) is 5.77. The van der Waals surface area contributed by atoms with Gasteiger partial charge in [0.2, 0.25) is 0 Å². The highest BCUT2D eigenvalue weighted by atomic mass is 16.3. The number of hydrogen-bond acceptors (Lipinski definition) is 3. The monoisotopic (exact) mass is 226 g/mol. The average Bonchev–Trinajstić information content (AvgIpc) is 2.76. The normalized spacial score (nSPS) is 33.9. The summed E-state index contributed by atoms with van der Waals surface area (Å²) >= 11 is 0. The van der Waals surface area contributed by atoms with E-state index in [1.54, 1.807) is 0 Å². The standard InChI is InChI=1S/C13H26N2O/c1-3-7-13(2,16)10-14-11-6-9-15-8-4-5-12(11)15/h11-12,14,16H,3-10H2,1-2H3. The van der Waals surface area contributed by atoms with Crippen LogP contribution in [0, 0.1) is 0 Å². The predicted molar refractivity (Wildman–Crippen MR) is 66.5 cm³/mol. The molecule has 2 saturated heterocycles. The molecule has 16 heavy (non-hydrogen) atoms. The quantitative estimate of drug-likeness (QED) is 0.743. The van der Waals surface area contributed by atoms with E-state index in [9.17, 15) is 5.11 Å².